The van der Waals surface area contributed by atoms with E-state index in [0.29, 0.717) is 13.0 Å². The van der Waals surface area contributed by atoms with Gasteiger partial charge in [-0.2, -0.15) is 0 Å². The van der Waals surface area contributed by atoms with Gasteiger partial charge in [0.2, 0.25) is 0 Å². The fraction of sp³-hybridized carbons (Fsp3) is 0.500. The maximum absolute atomic E-state index is 13.8. The van der Waals surface area contributed by atoms with Crippen molar-refractivity contribution in [1.82, 2.24) is 5.43 Å². The molecule has 0 aliphatic rings. The van der Waals surface area contributed by atoms with Crippen LogP contribution in [0.15, 0.2) is 16.6 Å². The molecule has 0 aromatic heterocycles. The monoisotopic (exact) mass is 322 g/mol. The highest BCUT2D eigenvalue weighted by Gasteiger charge is 2.16. The second-order valence-corrected chi connectivity index (χ2v) is 4.88. The number of nitrogens with two attached hydrogens (primary N) is 1. The molecule has 1 atom stereocenters. The average molecular weight is 323 g/mol. The predicted octanol–water partition coefficient (Wildman–Crippen LogP) is 2.53. The van der Waals surface area contributed by atoms with Crippen molar-refractivity contribution in [2.24, 2.45) is 5.84 Å². The number of benzene rings is 1. The van der Waals surface area contributed by atoms with Crippen LogP contribution in [0, 0.1) is 11.6 Å². The summed E-state index contributed by atoms with van der Waals surface area (Å²) in [5.74, 6) is 4.27. The third-order valence-corrected chi connectivity index (χ3v) is 3.34. The third-order valence-electron chi connectivity index (χ3n) is 2.73. The lowest BCUT2D eigenvalue weighted by Crippen LogP contribution is -2.37. The summed E-state index contributed by atoms with van der Waals surface area (Å²) in [5.41, 5.74) is 2.63. The van der Waals surface area contributed by atoms with E-state index in [4.69, 9.17) is 10.6 Å². The molecule has 3 nitrogen and oxygen atoms in total. The zero-order valence-electron chi connectivity index (χ0n) is 10.2. The number of ether oxygens (including phenoxy) is 1. The third kappa shape index (κ3) is 4.28. The van der Waals surface area contributed by atoms with Gasteiger partial charge in [0.05, 0.1) is 4.47 Å². The molecule has 0 bridgehead atoms. The van der Waals surface area contributed by atoms with Gasteiger partial charge in [-0.05, 0) is 47.3 Å². The molecule has 1 aromatic carbocycles. The second-order valence-electron chi connectivity index (χ2n) is 4.02. The van der Waals surface area contributed by atoms with Crippen LogP contribution in [0.1, 0.15) is 18.4 Å². The average Bonchev–Trinajstić information content (AvgIpc) is 2.37. The van der Waals surface area contributed by atoms with Crippen LogP contribution >= 0.6 is 15.9 Å². The maximum atomic E-state index is 13.8. The number of nitrogens with one attached hydrogen (secondary N) is 1. The van der Waals surface area contributed by atoms with Gasteiger partial charge in [-0.3, -0.25) is 11.3 Å². The zero-order valence-corrected chi connectivity index (χ0v) is 11.8. The minimum Gasteiger partial charge on any atom is -0.385 e. The van der Waals surface area contributed by atoms with Crippen molar-refractivity contribution in [1.29, 1.82) is 0 Å². The topological polar surface area (TPSA) is 47.3 Å². The highest BCUT2D eigenvalue weighted by molar-refractivity contribution is 9.10. The van der Waals surface area contributed by atoms with E-state index in [2.05, 4.69) is 21.4 Å². The summed E-state index contributed by atoms with van der Waals surface area (Å²) in [6.07, 6.45) is 1.68. The Kier molecular flexibility index (Phi) is 6.70. The van der Waals surface area contributed by atoms with Gasteiger partial charge in [-0.1, -0.05) is 0 Å². The number of methoxy groups -OCH3 is 1. The Bertz CT molecular complexity index is 391. The molecule has 0 amide bonds. The van der Waals surface area contributed by atoms with E-state index in [1.54, 1.807) is 7.11 Å². The summed E-state index contributed by atoms with van der Waals surface area (Å²) in [6, 6.07) is 2.41. The van der Waals surface area contributed by atoms with E-state index in [-0.39, 0.29) is 22.5 Å². The Labute approximate surface area is 114 Å². The Hall–Kier alpha value is -0.560. The first-order valence-corrected chi connectivity index (χ1v) is 6.46. The summed E-state index contributed by atoms with van der Waals surface area (Å²) < 4.78 is 32.5. The number of halogens is 3. The summed E-state index contributed by atoms with van der Waals surface area (Å²) >= 11 is 3.04. The smallest absolute Gasteiger partial charge is 0.143 e. The molecule has 0 spiro atoms. The molecular weight excluding hydrogens is 306 g/mol. The molecule has 1 aromatic rings. The van der Waals surface area contributed by atoms with Crippen LogP contribution < -0.4 is 11.3 Å². The molecule has 0 radical (unpaired) electrons. The van der Waals surface area contributed by atoms with Gasteiger partial charge in [0, 0.05) is 25.3 Å². The van der Waals surface area contributed by atoms with Crippen LogP contribution in [0.25, 0.3) is 0 Å². The van der Waals surface area contributed by atoms with Gasteiger partial charge in [0.15, 0.2) is 0 Å². The van der Waals surface area contributed by atoms with Gasteiger partial charge >= 0.3 is 0 Å². The molecule has 1 unspecified atom stereocenters. The van der Waals surface area contributed by atoms with Crippen LogP contribution in [0.2, 0.25) is 0 Å². The van der Waals surface area contributed by atoms with E-state index in [9.17, 15) is 8.78 Å². The standard InChI is InChI=1S/C12H17BrF2N2O/c1-18-6-2-3-8(17-16)7-9-11(14)5-4-10(13)12(9)15/h4-5,8,17H,2-3,6-7,16H2,1H3. The Morgan fingerprint density at radius 1 is 1.44 bits per heavy atom. The van der Waals surface area contributed by atoms with Crippen LogP contribution in [0.4, 0.5) is 8.78 Å². The molecule has 18 heavy (non-hydrogen) atoms. The van der Waals surface area contributed by atoms with Crippen molar-refractivity contribution in [2.45, 2.75) is 25.3 Å². The maximum Gasteiger partial charge on any atom is 0.143 e. The van der Waals surface area contributed by atoms with Crippen molar-refractivity contribution in [3.8, 4) is 0 Å². The van der Waals surface area contributed by atoms with Crippen LogP contribution in [0.5, 0.6) is 0 Å². The molecule has 0 aliphatic carbocycles. The molecule has 6 heteroatoms. The fourth-order valence-electron chi connectivity index (χ4n) is 1.72. The molecule has 0 aliphatic heterocycles. The summed E-state index contributed by atoms with van der Waals surface area (Å²) in [5, 5.41) is 0. The normalized spacial score (nSPS) is 12.7. The zero-order chi connectivity index (χ0) is 13.5. The van der Waals surface area contributed by atoms with Crippen molar-refractivity contribution in [3.05, 3.63) is 33.8 Å². The molecule has 0 heterocycles. The number of hydrogen-bond donors (Lipinski definition) is 2. The number of hydrazine groups is 1. The first-order valence-electron chi connectivity index (χ1n) is 5.67. The van der Waals surface area contributed by atoms with E-state index in [1.807, 2.05) is 0 Å². The van der Waals surface area contributed by atoms with E-state index < -0.39 is 11.6 Å². The van der Waals surface area contributed by atoms with Gasteiger partial charge in [-0.15, -0.1) is 0 Å². The largest absolute Gasteiger partial charge is 0.385 e. The van der Waals surface area contributed by atoms with E-state index in [0.717, 1.165) is 6.42 Å². The molecule has 1 rings (SSSR count). The lowest BCUT2D eigenvalue weighted by atomic mass is 10.0. The van der Waals surface area contributed by atoms with Crippen molar-refractivity contribution in [3.63, 3.8) is 0 Å². The minimum absolute atomic E-state index is 0.0461. The second kappa shape index (κ2) is 7.78. The van der Waals surface area contributed by atoms with E-state index in [1.165, 1.54) is 12.1 Å². The first-order chi connectivity index (χ1) is 8.60. The fourth-order valence-corrected chi connectivity index (χ4v) is 2.09. The van der Waals surface area contributed by atoms with Gasteiger partial charge in [-0.25, -0.2) is 8.78 Å². The molecule has 102 valence electrons. The Balaban J connectivity index is 2.72. The lowest BCUT2D eigenvalue weighted by molar-refractivity contribution is 0.188. The quantitative estimate of drug-likeness (QED) is 0.351. The molecule has 0 fully saturated rings. The number of hydrogen-bond acceptors (Lipinski definition) is 3. The summed E-state index contributed by atoms with van der Waals surface area (Å²) in [6.45, 7) is 0.599. The van der Waals surface area contributed by atoms with Crippen LogP contribution in [-0.2, 0) is 11.2 Å². The molecule has 3 N–H and O–H groups in total. The highest BCUT2D eigenvalue weighted by Crippen LogP contribution is 2.23. The van der Waals surface area contributed by atoms with Gasteiger partial charge in [0.25, 0.3) is 0 Å². The lowest BCUT2D eigenvalue weighted by Gasteiger charge is -2.17. The Morgan fingerprint density at radius 2 is 2.17 bits per heavy atom. The van der Waals surface area contributed by atoms with Gasteiger partial charge in [0.1, 0.15) is 11.6 Å². The molecular formula is C12H17BrF2N2O. The minimum atomic E-state index is -0.568. The van der Waals surface area contributed by atoms with Crippen LogP contribution in [-0.4, -0.2) is 19.8 Å². The van der Waals surface area contributed by atoms with Gasteiger partial charge < -0.3 is 4.74 Å². The number of rotatable bonds is 7. The Morgan fingerprint density at radius 3 is 2.78 bits per heavy atom. The SMILES string of the molecule is COCCCC(Cc1c(F)ccc(Br)c1F)NN. The molecule has 0 saturated carbocycles. The van der Waals surface area contributed by atoms with Crippen LogP contribution in [0.3, 0.4) is 0 Å². The van der Waals surface area contributed by atoms with Crippen molar-refractivity contribution < 1.29 is 13.5 Å². The highest BCUT2D eigenvalue weighted by atomic mass is 79.9. The van der Waals surface area contributed by atoms with Crippen molar-refractivity contribution in [2.75, 3.05) is 13.7 Å². The first kappa shape index (κ1) is 15.5. The molecule has 0 saturated heterocycles. The van der Waals surface area contributed by atoms with E-state index >= 15 is 0 Å². The van der Waals surface area contributed by atoms with Crippen molar-refractivity contribution >= 4 is 15.9 Å². The summed E-state index contributed by atoms with van der Waals surface area (Å²) in [7, 11) is 1.61. The summed E-state index contributed by atoms with van der Waals surface area (Å²) in [4.78, 5) is 0. The predicted molar refractivity (Wildman–Crippen MR) is 70.0 cm³/mol.